The van der Waals surface area contributed by atoms with E-state index < -0.39 is 0 Å². The number of aromatic nitrogens is 4. The van der Waals surface area contributed by atoms with Gasteiger partial charge in [-0.1, -0.05) is 12.8 Å². The molecule has 1 saturated heterocycles. The van der Waals surface area contributed by atoms with Crippen molar-refractivity contribution in [2.45, 2.75) is 51.0 Å². The highest BCUT2D eigenvalue weighted by Gasteiger charge is 2.37. The van der Waals surface area contributed by atoms with E-state index in [9.17, 15) is 4.79 Å². The highest BCUT2D eigenvalue weighted by Crippen LogP contribution is 2.34. The van der Waals surface area contributed by atoms with Crippen LogP contribution in [0.1, 0.15) is 49.5 Å². The summed E-state index contributed by atoms with van der Waals surface area (Å²) in [7, 11) is 1.90. The molecule has 1 amide bonds. The van der Waals surface area contributed by atoms with Crippen molar-refractivity contribution in [1.29, 1.82) is 0 Å². The number of amides is 1. The predicted molar refractivity (Wildman–Crippen MR) is 86.9 cm³/mol. The lowest BCUT2D eigenvalue weighted by molar-refractivity contribution is -0.129. The Kier molecular flexibility index (Phi) is 3.47. The summed E-state index contributed by atoms with van der Waals surface area (Å²) < 4.78 is 1.78. The number of hydrogen-bond donors (Lipinski definition) is 1. The number of aromatic amines is 1. The number of nitrogens with one attached hydrogen (secondary N) is 1. The molecule has 1 atom stereocenters. The molecular formula is C17H23N5O. The smallest absolute Gasteiger partial charge is 0.223 e. The minimum absolute atomic E-state index is 0.187. The molecule has 1 N–H and O–H groups in total. The summed E-state index contributed by atoms with van der Waals surface area (Å²) in [5.41, 5.74) is 3.00. The van der Waals surface area contributed by atoms with E-state index in [1.54, 1.807) is 4.68 Å². The van der Waals surface area contributed by atoms with Gasteiger partial charge < -0.3 is 9.88 Å². The third-order valence-corrected chi connectivity index (χ3v) is 5.19. The first-order valence-electron chi connectivity index (χ1n) is 8.47. The van der Waals surface area contributed by atoms with Crippen LogP contribution < -0.4 is 0 Å². The monoisotopic (exact) mass is 313 g/mol. The zero-order valence-corrected chi connectivity index (χ0v) is 13.7. The van der Waals surface area contributed by atoms with Crippen molar-refractivity contribution in [2.75, 3.05) is 6.54 Å². The summed E-state index contributed by atoms with van der Waals surface area (Å²) in [6.45, 7) is 2.84. The van der Waals surface area contributed by atoms with E-state index >= 15 is 0 Å². The quantitative estimate of drug-likeness (QED) is 0.946. The number of carbonyl (C=O) groups is 1. The Morgan fingerprint density at radius 3 is 2.78 bits per heavy atom. The number of rotatable bonds is 3. The highest BCUT2D eigenvalue weighted by molar-refractivity contribution is 5.80. The second kappa shape index (κ2) is 5.51. The highest BCUT2D eigenvalue weighted by atomic mass is 16.2. The van der Waals surface area contributed by atoms with Crippen LogP contribution in [0.5, 0.6) is 0 Å². The van der Waals surface area contributed by atoms with Gasteiger partial charge in [-0.2, -0.15) is 5.10 Å². The lowest BCUT2D eigenvalue weighted by atomic mass is 10.1. The van der Waals surface area contributed by atoms with Crippen LogP contribution in [0.3, 0.4) is 0 Å². The number of nitrogens with zero attached hydrogens (tertiary/aromatic N) is 4. The van der Waals surface area contributed by atoms with Gasteiger partial charge in [0, 0.05) is 49.4 Å². The van der Waals surface area contributed by atoms with E-state index in [4.69, 9.17) is 4.98 Å². The zero-order valence-electron chi connectivity index (χ0n) is 13.7. The Morgan fingerprint density at radius 1 is 1.30 bits per heavy atom. The van der Waals surface area contributed by atoms with Gasteiger partial charge in [0.15, 0.2) is 0 Å². The summed E-state index contributed by atoms with van der Waals surface area (Å²) in [5, 5.41) is 4.22. The summed E-state index contributed by atoms with van der Waals surface area (Å²) in [5.74, 6) is 1.42. The van der Waals surface area contributed by atoms with Gasteiger partial charge in [-0.25, -0.2) is 4.98 Å². The van der Waals surface area contributed by atoms with Crippen LogP contribution in [-0.4, -0.2) is 43.1 Å². The van der Waals surface area contributed by atoms with E-state index in [1.165, 1.54) is 12.8 Å². The van der Waals surface area contributed by atoms with Gasteiger partial charge in [0.2, 0.25) is 5.91 Å². The summed E-state index contributed by atoms with van der Waals surface area (Å²) in [6, 6.07) is 0.460. The number of hydrogen-bond acceptors (Lipinski definition) is 3. The largest absolute Gasteiger partial charge is 0.345 e. The van der Waals surface area contributed by atoms with Gasteiger partial charge in [-0.15, -0.1) is 0 Å². The van der Waals surface area contributed by atoms with Crippen LogP contribution in [0.4, 0.5) is 0 Å². The third kappa shape index (κ3) is 2.56. The molecule has 4 rings (SSSR count). The van der Waals surface area contributed by atoms with Gasteiger partial charge >= 0.3 is 0 Å². The summed E-state index contributed by atoms with van der Waals surface area (Å²) in [6.07, 6.45) is 9.21. The molecule has 6 heteroatoms. The standard InChI is InChI=1S/C17H23N5O/c1-11-16(13-8-18-21(2)9-13)20-17(19-11)12-7-15(23)22(10-12)14-5-3-4-6-14/h8-9,12,14H,3-7,10H2,1-2H3,(H,19,20). The van der Waals surface area contributed by atoms with Crippen LogP contribution in [0.15, 0.2) is 12.4 Å². The van der Waals surface area contributed by atoms with Gasteiger partial charge in [0.25, 0.3) is 0 Å². The maximum absolute atomic E-state index is 12.4. The maximum atomic E-state index is 12.4. The van der Waals surface area contributed by atoms with Crippen LogP contribution in [-0.2, 0) is 11.8 Å². The first kappa shape index (κ1) is 14.5. The van der Waals surface area contributed by atoms with Crippen molar-refractivity contribution < 1.29 is 4.79 Å². The molecule has 122 valence electrons. The molecule has 1 aliphatic carbocycles. The predicted octanol–water partition coefficient (Wildman–Crippen LogP) is 2.38. The van der Waals surface area contributed by atoms with E-state index in [0.717, 1.165) is 42.2 Å². The van der Waals surface area contributed by atoms with Crippen molar-refractivity contribution in [2.24, 2.45) is 7.05 Å². The molecule has 2 aliphatic rings. The van der Waals surface area contributed by atoms with Crippen molar-refractivity contribution in [3.63, 3.8) is 0 Å². The Bertz CT molecular complexity index is 725. The van der Waals surface area contributed by atoms with Crippen LogP contribution in [0.25, 0.3) is 11.3 Å². The lowest BCUT2D eigenvalue weighted by Crippen LogP contribution is -2.34. The molecule has 0 spiro atoms. The molecule has 1 aliphatic heterocycles. The fourth-order valence-electron chi connectivity index (χ4n) is 3.99. The van der Waals surface area contributed by atoms with Crippen molar-refractivity contribution in [1.82, 2.24) is 24.6 Å². The van der Waals surface area contributed by atoms with E-state index in [2.05, 4.69) is 15.0 Å². The van der Waals surface area contributed by atoms with E-state index in [0.29, 0.717) is 18.4 Å². The van der Waals surface area contributed by atoms with Crippen molar-refractivity contribution in [3.8, 4) is 11.3 Å². The van der Waals surface area contributed by atoms with E-state index in [1.807, 2.05) is 26.4 Å². The molecule has 23 heavy (non-hydrogen) atoms. The Balaban J connectivity index is 1.56. The summed E-state index contributed by atoms with van der Waals surface area (Å²) in [4.78, 5) is 22.7. The molecule has 2 fully saturated rings. The zero-order chi connectivity index (χ0) is 16.0. The second-order valence-corrected chi connectivity index (χ2v) is 6.88. The minimum atomic E-state index is 0.187. The average Bonchev–Trinajstić information content (AvgIpc) is 3.25. The van der Waals surface area contributed by atoms with Crippen LogP contribution in [0, 0.1) is 6.92 Å². The first-order chi connectivity index (χ1) is 11.1. The molecule has 2 aromatic rings. The molecule has 3 heterocycles. The van der Waals surface area contributed by atoms with E-state index in [-0.39, 0.29) is 5.92 Å². The normalized spacial score (nSPS) is 22.4. The van der Waals surface area contributed by atoms with Gasteiger partial charge in [-0.05, 0) is 19.8 Å². The maximum Gasteiger partial charge on any atom is 0.223 e. The molecule has 0 bridgehead atoms. The number of H-pyrrole nitrogens is 1. The SMILES string of the molecule is Cc1[nH]c(C2CC(=O)N(C3CCCC3)C2)nc1-c1cnn(C)c1. The Hall–Kier alpha value is -2.11. The number of aryl methyl sites for hydroxylation is 2. The van der Waals surface area contributed by atoms with Gasteiger partial charge in [-0.3, -0.25) is 9.48 Å². The molecular weight excluding hydrogens is 290 g/mol. The molecule has 2 aromatic heterocycles. The number of carbonyl (C=O) groups excluding carboxylic acids is 1. The Labute approximate surface area is 135 Å². The molecule has 0 aromatic carbocycles. The fourth-order valence-corrected chi connectivity index (χ4v) is 3.99. The number of likely N-dealkylation sites (tertiary alicyclic amines) is 1. The third-order valence-electron chi connectivity index (χ3n) is 5.19. The fraction of sp³-hybridized carbons (Fsp3) is 0.588. The molecule has 1 saturated carbocycles. The molecule has 1 unspecified atom stereocenters. The lowest BCUT2D eigenvalue weighted by Gasteiger charge is -2.23. The first-order valence-corrected chi connectivity index (χ1v) is 8.47. The minimum Gasteiger partial charge on any atom is -0.345 e. The van der Waals surface area contributed by atoms with Gasteiger partial charge in [0.05, 0.1) is 11.9 Å². The Morgan fingerprint density at radius 2 is 2.09 bits per heavy atom. The average molecular weight is 313 g/mol. The van der Waals surface area contributed by atoms with Gasteiger partial charge in [0.1, 0.15) is 5.82 Å². The second-order valence-electron chi connectivity index (χ2n) is 6.88. The van der Waals surface area contributed by atoms with Crippen LogP contribution in [0.2, 0.25) is 0 Å². The molecule has 0 radical (unpaired) electrons. The molecule has 6 nitrogen and oxygen atoms in total. The number of imidazole rings is 1. The van der Waals surface area contributed by atoms with Crippen molar-refractivity contribution in [3.05, 3.63) is 23.9 Å². The van der Waals surface area contributed by atoms with Crippen molar-refractivity contribution >= 4 is 5.91 Å². The van der Waals surface area contributed by atoms with Crippen LogP contribution >= 0.6 is 0 Å². The topological polar surface area (TPSA) is 66.8 Å². The summed E-state index contributed by atoms with van der Waals surface area (Å²) >= 11 is 0.